The SMILES string of the molecule is COc1ccccc1Nc1nc(N2CC[NH+](C)CC2)nc(N)c1[N+](=O)[O-]. The van der Waals surface area contributed by atoms with Crippen LogP contribution in [0.4, 0.5) is 29.0 Å². The van der Waals surface area contributed by atoms with Gasteiger partial charge in [0.15, 0.2) is 0 Å². The number of nitro groups is 1. The summed E-state index contributed by atoms with van der Waals surface area (Å²) in [6.07, 6.45) is 0. The number of benzene rings is 1. The molecule has 3 rings (SSSR count). The zero-order chi connectivity index (χ0) is 18.7. The second-order valence-electron chi connectivity index (χ2n) is 6.13. The number of rotatable bonds is 5. The molecule has 2 heterocycles. The van der Waals surface area contributed by atoms with E-state index in [-0.39, 0.29) is 17.3 Å². The van der Waals surface area contributed by atoms with Crippen molar-refractivity contribution in [1.29, 1.82) is 0 Å². The molecule has 0 unspecified atom stereocenters. The molecule has 0 saturated carbocycles. The summed E-state index contributed by atoms with van der Waals surface area (Å²) < 4.78 is 5.29. The number of quaternary nitrogens is 1. The highest BCUT2D eigenvalue weighted by Crippen LogP contribution is 2.34. The first-order valence-corrected chi connectivity index (χ1v) is 8.27. The number of anilines is 4. The number of hydrogen-bond donors (Lipinski definition) is 3. The predicted molar refractivity (Wildman–Crippen MR) is 98.2 cm³/mol. The van der Waals surface area contributed by atoms with Gasteiger partial charge in [-0.15, -0.1) is 0 Å². The molecule has 2 aromatic rings. The Balaban J connectivity index is 2.00. The highest BCUT2D eigenvalue weighted by atomic mass is 16.6. The minimum atomic E-state index is -0.578. The minimum Gasteiger partial charge on any atom is -0.495 e. The monoisotopic (exact) mass is 360 g/mol. The molecular weight excluding hydrogens is 338 g/mol. The molecule has 1 fully saturated rings. The van der Waals surface area contributed by atoms with E-state index in [1.54, 1.807) is 18.2 Å². The fourth-order valence-corrected chi connectivity index (χ4v) is 2.83. The number of ether oxygens (including phenoxy) is 1. The predicted octanol–water partition coefficient (Wildman–Crippen LogP) is 0.0539. The van der Waals surface area contributed by atoms with Gasteiger partial charge in [0.2, 0.25) is 17.6 Å². The van der Waals surface area contributed by atoms with Crippen LogP contribution in [-0.2, 0) is 0 Å². The molecule has 0 radical (unpaired) electrons. The smallest absolute Gasteiger partial charge is 0.353 e. The lowest BCUT2D eigenvalue weighted by Gasteiger charge is -2.30. The van der Waals surface area contributed by atoms with Gasteiger partial charge in [-0.2, -0.15) is 9.97 Å². The molecule has 10 nitrogen and oxygen atoms in total. The first kappa shape index (κ1) is 17.7. The summed E-state index contributed by atoms with van der Waals surface area (Å²) in [5, 5.41) is 14.4. The van der Waals surface area contributed by atoms with Crippen LogP contribution in [0, 0.1) is 10.1 Å². The molecule has 1 saturated heterocycles. The maximum atomic E-state index is 11.5. The Morgan fingerprint density at radius 2 is 2.00 bits per heavy atom. The lowest BCUT2D eigenvalue weighted by atomic mass is 10.3. The molecule has 138 valence electrons. The lowest BCUT2D eigenvalue weighted by Crippen LogP contribution is -3.12. The third kappa shape index (κ3) is 3.59. The number of likely N-dealkylation sites (N-methyl/N-ethyl adjacent to an activating group) is 1. The van der Waals surface area contributed by atoms with Gasteiger partial charge in [-0.25, -0.2) is 0 Å². The molecule has 1 aromatic heterocycles. The van der Waals surface area contributed by atoms with Crippen molar-refractivity contribution in [1.82, 2.24) is 9.97 Å². The van der Waals surface area contributed by atoms with Crippen LogP contribution in [0.3, 0.4) is 0 Å². The maximum absolute atomic E-state index is 11.5. The maximum Gasteiger partial charge on any atom is 0.353 e. The number of nitrogen functional groups attached to an aromatic ring is 1. The molecule has 26 heavy (non-hydrogen) atoms. The summed E-state index contributed by atoms with van der Waals surface area (Å²) in [4.78, 5) is 22.9. The van der Waals surface area contributed by atoms with Crippen LogP contribution in [0.5, 0.6) is 5.75 Å². The fraction of sp³-hybridized carbons (Fsp3) is 0.375. The van der Waals surface area contributed by atoms with Crippen LogP contribution >= 0.6 is 0 Å². The van der Waals surface area contributed by atoms with E-state index in [9.17, 15) is 10.1 Å². The molecule has 0 atom stereocenters. The van der Waals surface area contributed by atoms with Crippen LogP contribution in [0.15, 0.2) is 24.3 Å². The van der Waals surface area contributed by atoms with Gasteiger partial charge in [0.1, 0.15) is 5.75 Å². The highest BCUT2D eigenvalue weighted by Gasteiger charge is 2.27. The van der Waals surface area contributed by atoms with Crippen LogP contribution in [-0.4, -0.2) is 55.2 Å². The van der Waals surface area contributed by atoms with Gasteiger partial charge in [0.25, 0.3) is 0 Å². The number of nitrogens with zero attached hydrogens (tertiary/aromatic N) is 4. The van der Waals surface area contributed by atoms with Crippen molar-refractivity contribution in [2.75, 3.05) is 56.3 Å². The van der Waals surface area contributed by atoms with Crippen molar-refractivity contribution < 1.29 is 14.6 Å². The van der Waals surface area contributed by atoms with Gasteiger partial charge < -0.3 is 25.6 Å². The fourth-order valence-electron chi connectivity index (χ4n) is 2.83. The Hall–Kier alpha value is -3.14. The van der Waals surface area contributed by atoms with Crippen molar-refractivity contribution >= 4 is 29.0 Å². The molecule has 4 N–H and O–H groups in total. The first-order chi connectivity index (χ1) is 12.5. The molecule has 0 spiro atoms. The van der Waals surface area contributed by atoms with Gasteiger partial charge in [-0.05, 0) is 12.1 Å². The average Bonchev–Trinajstić information content (AvgIpc) is 2.62. The molecular formula is C16H22N7O3+. The normalized spacial score (nSPS) is 14.9. The van der Waals surface area contributed by atoms with E-state index in [1.807, 2.05) is 11.0 Å². The molecule has 1 aliphatic heterocycles. The average molecular weight is 360 g/mol. The Bertz CT molecular complexity index is 806. The largest absolute Gasteiger partial charge is 0.495 e. The molecule has 1 aromatic carbocycles. The van der Waals surface area contributed by atoms with E-state index in [1.165, 1.54) is 12.0 Å². The summed E-state index contributed by atoms with van der Waals surface area (Å²) in [6, 6.07) is 7.11. The molecule has 10 heteroatoms. The van der Waals surface area contributed by atoms with Crippen molar-refractivity contribution in [3.63, 3.8) is 0 Å². The van der Waals surface area contributed by atoms with Crippen LogP contribution < -0.4 is 25.6 Å². The van der Waals surface area contributed by atoms with Crippen LogP contribution in [0.2, 0.25) is 0 Å². The molecule has 1 aliphatic rings. The Kier molecular flexibility index (Phi) is 5.03. The molecule has 0 aliphatic carbocycles. The van der Waals surface area contributed by atoms with E-state index < -0.39 is 4.92 Å². The second-order valence-corrected chi connectivity index (χ2v) is 6.13. The van der Waals surface area contributed by atoms with E-state index in [2.05, 4.69) is 22.3 Å². The first-order valence-electron chi connectivity index (χ1n) is 8.27. The molecule has 0 bridgehead atoms. The number of piperazine rings is 1. The van der Waals surface area contributed by atoms with E-state index in [0.29, 0.717) is 17.4 Å². The van der Waals surface area contributed by atoms with Crippen LogP contribution in [0.1, 0.15) is 0 Å². The Labute approximate surface area is 150 Å². The van der Waals surface area contributed by atoms with E-state index >= 15 is 0 Å². The van der Waals surface area contributed by atoms with Crippen molar-refractivity contribution in [2.45, 2.75) is 0 Å². The number of nitrogens with two attached hydrogens (primary N) is 1. The lowest BCUT2D eigenvalue weighted by molar-refractivity contribution is -0.880. The quantitative estimate of drug-likeness (QED) is 0.505. The van der Waals surface area contributed by atoms with Crippen LogP contribution in [0.25, 0.3) is 0 Å². The van der Waals surface area contributed by atoms with Gasteiger partial charge in [-0.1, -0.05) is 12.1 Å². The Morgan fingerprint density at radius 3 is 2.65 bits per heavy atom. The van der Waals surface area contributed by atoms with Gasteiger partial charge in [-0.3, -0.25) is 10.1 Å². The van der Waals surface area contributed by atoms with Gasteiger partial charge in [0.05, 0.1) is 50.9 Å². The zero-order valence-electron chi connectivity index (χ0n) is 14.7. The number of para-hydroxylation sites is 2. The molecule has 0 amide bonds. The summed E-state index contributed by atoms with van der Waals surface area (Å²) in [5.41, 5.74) is 6.10. The minimum absolute atomic E-state index is 0.0493. The number of hydrogen-bond acceptors (Lipinski definition) is 8. The summed E-state index contributed by atoms with van der Waals surface area (Å²) in [6.45, 7) is 3.40. The topological polar surface area (TPSA) is 124 Å². The van der Waals surface area contributed by atoms with Crippen molar-refractivity contribution in [3.8, 4) is 5.75 Å². The van der Waals surface area contributed by atoms with Crippen molar-refractivity contribution in [2.24, 2.45) is 0 Å². The number of nitrogens with one attached hydrogen (secondary N) is 2. The van der Waals surface area contributed by atoms with E-state index in [4.69, 9.17) is 10.5 Å². The Morgan fingerprint density at radius 1 is 1.31 bits per heavy atom. The number of aromatic nitrogens is 2. The zero-order valence-corrected chi connectivity index (χ0v) is 14.7. The third-order valence-electron chi connectivity index (χ3n) is 4.34. The summed E-state index contributed by atoms with van der Waals surface area (Å²) in [5.74, 6) is 0.818. The number of methoxy groups -OCH3 is 1. The highest BCUT2D eigenvalue weighted by molar-refractivity contribution is 5.76. The summed E-state index contributed by atoms with van der Waals surface area (Å²) >= 11 is 0. The third-order valence-corrected chi connectivity index (χ3v) is 4.34. The van der Waals surface area contributed by atoms with Gasteiger partial charge >= 0.3 is 5.69 Å². The van der Waals surface area contributed by atoms with Crippen molar-refractivity contribution in [3.05, 3.63) is 34.4 Å². The standard InChI is InChI=1S/C16H21N7O3/c1-21-7-9-22(10-8-21)16-19-14(17)13(23(24)25)15(20-16)18-11-5-3-4-6-12(11)26-2/h3-6H,7-10H2,1-2H3,(H3,17,18,19,20)/p+1. The van der Waals surface area contributed by atoms with Gasteiger partial charge in [0, 0.05) is 0 Å². The summed E-state index contributed by atoms with van der Waals surface area (Å²) in [7, 11) is 3.65. The van der Waals surface area contributed by atoms with E-state index in [0.717, 1.165) is 26.2 Å². The second kappa shape index (κ2) is 7.40.